The molecule has 0 aliphatic rings. The van der Waals surface area contributed by atoms with Gasteiger partial charge in [0, 0.05) is 0 Å². The molecule has 2 aromatic rings. The van der Waals surface area contributed by atoms with Gasteiger partial charge in [0.05, 0.1) is 17.5 Å². The van der Waals surface area contributed by atoms with Gasteiger partial charge in [0.1, 0.15) is 6.29 Å². The van der Waals surface area contributed by atoms with E-state index >= 15 is 0 Å². The normalized spacial score (nSPS) is 10.5. The Bertz CT molecular complexity index is 670. The zero-order chi connectivity index (χ0) is 17.4. The first-order valence-electron chi connectivity index (χ1n) is 7.07. The fraction of sp³-hybridized carbons (Fsp3) is 0.111. The lowest BCUT2D eigenvalue weighted by Crippen LogP contribution is -2.42. The SMILES string of the molecule is O=CCC(C=O)(OC(=O)c1ccccc1)OC(=O)c1ccccc1. The van der Waals surface area contributed by atoms with Gasteiger partial charge in [-0.15, -0.1) is 0 Å². The lowest BCUT2D eigenvalue weighted by atomic mass is 10.2. The minimum Gasteiger partial charge on any atom is -0.411 e. The third-order valence-electron chi connectivity index (χ3n) is 3.10. The van der Waals surface area contributed by atoms with E-state index in [4.69, 9.17) is 9.47 Å². The van der Waals surface area contributed by atoms with Gasteiger partial charge in [-0.25, -0.2) is 9.59 Å². The fourth-order valence-electron chi connectivity index (χ4n) is 1.90. The number of rotatable bonds is 7. The van der Waals surface area contributed by atoms with Gasteiger partial charge in [0.2, 0.25) is 6.29 Å². The predicted molar refractivity (Wildman–Crippen MR) is 83.2 cm³/mol. The molecule has 6 heteroatoms. The Morgan fingerprint density at radius 2 is 1.21 bits per heavy atom. The van der Waals surface area contributed by atoms with Crippen LogP contribution in [0.1, 0.15) is 27.1 Å². The summed E-state index contributed by atoms with van der Waals surface area (Å²) >= 11 is 0. The number of carbonyl (C=O) groups is 4. The van der Waals surface area contributed by atoms with Crippen LogP contribution in [0.3, 0.4) is 0 Å². The molecular weight excluding hydrogens is 312 g/mol. The van der Waals surface area contributed by atoms with Crippen LogP contribution in [-0.2, 0) is 19.1 Å². The Labute approximate surface area is 138 Å². The average molecular weight is 326 g/mol. The van der Waals surface area contributed by atoms with Gasteiger partial charge in [0.25, 0.3) is 0 Å². The highest BCUT2D eigenvalue weighted by Crippen LogP contribution is 2.19. The zero-order valence-electron chi connectivity index (χ0n) is 12.6. The molecule has 122 valence electrons. The number of benzene rings is 2. The van der Waals surface area contributed by atoms with Crippen molar-refractivity contribution < 1.29 is 28.7 Å². The van der Waals surface area contributed by atoms with Crippen LogP contribution in [0.25, 0.3) is 0 Å². The van der Waals surface area contributed by atoms with Gasteiger partial charge in [-0.3, -0.25) is 4.79 Å². The maximum absolute atomic E-state index is 12.1. The van der Waals surface area contributed by atoms with Crippen molar-refractivity contribution in [3.05, 3.63) is 71.8 Å². The van der Waals surface area contributed by atoms with Crippen molar-refractivity contribution in [2.45, 2.75) is 12.2 Å². The van der Waals surface area contributed by atoms with E-state index < -0.39 is 24.1 Å². The molecule has 6 nitrogen and oxygen atoms in total. The van der Waals surface area contributed by atoms with Crippen LogP contribution in [-0.4, -0.2) is 30.3 Å². The smallest absolute Gasteiger partial charge is 0.341 e. The summed E-state index contributed by atoms with van der Waals surface area (Å²) in [5.74, 6) is -4.07. The molecule has 0 saturated carbocycles. The molecule has 0 saturated heterocycles. The van der Waals surface area contributed by atoms with E-state index in [-0.39, 0.29) is 17.4 Å². The lowest BCUT2D eigenvalue weighted by molar-refractivity contribution is -0.175. The van der Waals surface area contributed by atoms with Crippen molar-refractivity contribution >= 4 is 24.5 Å². The zero-order valence-corrected chi connectivity index (χ0v) is 12.6. The van der Waals surface area contributed by atoms with Crippen molar-refractivity contribution in [2.24, 2.45) is 0 Å². The first kappa shape index (κ1) is 17.1. The lowest BCUT2D eigenvalue weighted by Gasteiger charge is -2.25. The average Bonchev–Trinajstić information content (AvgIpc) is 2.63. The van der Waals surface area contributed by atoms with Crippen molar-refractivity contribution in [3.8, 4) is 0 Å². The van der Waals surface area contributed by atoms with Crippen LogP contribution in [0.4, 0.5) is 0 Å². The van der Waals surface area contributed by atoms with Crippen LogP contribution < -0.4 is 0 Å². The molecule has 2 aromatic carbocycles. The molecule has 0 N–H and O–H groups in total. The summed E-state index contributed by atoms with van der Waals surface area (Å²) in [6.45, 7) is 0. The summed E-state index contributed by atoms with van der Waals surface area (Å²) < 4.78 is 10.0. The number of ether oxygens (including phenoxy) is 2. The van der Waals surface area contributed by atoms with Crippen LogP contribution in [0.5, 0.6) is 0 Å². The molecule has 0 aromatic heterocycles. The molecule has 0 heterocycles. The number of esters is 2. The summed E-state index contributed by atoms with van der Waals surface area (Å²) in [5, 5.41) is 0. The molecule has 0 bridgehead atoms. The molecule has 0 unspecified atom stereocenters. The van der Waals surface area contributed by atoms with Gasteiger partial charge in [-0.1, -0.05) is 36.4 Å². The largest absolute Gasteiger partial charge is 0.411 e. The van der Waals surface area contributed by atoms with Gasteiger partial charge in [-0.2, -0.15) is 0 Å². The number of hydrogen-bond donors (Lipinski definition) is 0. The van der Waals surface area contributed by atoms with E-state index in [1.165, 1.54) is 24.3 Å². The Morgan fingerprint density at radius 3 is 1.54 bits per heavy atom. The Hall–Kier alpha value is -3.28. The number of hydrogen-bond acceptors (Lipinski definition) is 6. The predicted octanol–water partition coefficient (Wildman–Crippen LogP) is 2.18. The van der Waals surface area contributed by atoms with Gasteiger partial charge in [-0.05, 0) is 24.3 Å². The molecule has 0 spiro atoms. The highest BCUT2D eigenvalue weighted by molar-refractivity contribution is 5.93. The second-order valence-electron chi connectivity index (χ2n) is 4.81. The first-order valence-corrected chi connectivity index (χ1v) is 7.07. The summed E-state index contributed by atoms with van der Waals surface area (Å²) in [5.41, 5.74) is 0.316. The van der Waals surface area contributed by atoms with E-state index in [1.54, 1.807) is 36.4 Å². The molecule has 0 fully saturated rings. The van der Waals surface area contributed by atoms with Crippen LogP contribution in [0, 0.1) is 0 Å². The van der Waals surface area contributed by atoms with Gasteiger partial charge < -0.3 is 14.3 Å². The first-order chi connectivity index (χ1) is 11.6. The van der Waals surface area contributed by atoms with Gasteiger partial charge >= 0.3 is 17.7 Å². The molecule has 24 heavy (non-hydrogen) atoms. The standard InChI is InChI=1S/C18H14O6/c19-12-11-18(13-20,23-16(21)14-7-3-1-4-8-14)24-17(22)15-9-5-2-6-10-15/h1-10,12-13H,11H2. The second-order valence-corrected chi connectivity index (χ2v) is 4.81. The van der Waals surface area contributed by atoms with Crippen molar-refractivity contribution in [2.75, 3.05) is 0 Å². The monoisotopic (exact) mass is 326 g/mol. The minimum atomic E-state index is -2.30. The third-order valence-corrected chi connectivity index (χ3v) is 3.10. The Morgan fingerprint density at radius 1 is 0.792 bits per heavy atom. The Balaban J connectivity index is 2.22. The van der Waals surface area contributed by atoms with Crippen molar-refractivity contribution in [3.63, 3.8) is 0 Å². The third kappa shape index (κ3) is 4.13. The van der Waals surface area contributed by atoms with E-state index in [2.05, 4.69) is 0 Å². The highest BCUT2D eigenvalue weighted by atomic mass is 16.7. The molecule has 0 radical (unpaired) electrons. The van der Waals surface area contributed by atoms with Crippen LogP contribution in [0.2, 0.25) is 0 Å². The summed E-state index contributed by atoms with van der Waals surface area (Å²) in [7, 11) is 0. The topological polar surface area (TPSA) is 86.7 Å². The molecule has 0 atom stereocenters. The van der Waals surface area contributed by atoms with E-state index in [9.17, 15) is 19.2 Å². The number of aldehydes is 2. The Kier molecular flexibility index (Phi) is 5.57. The van der Waals surface area contributed by atoms with Crippen LogP contribution in [0.15, 0.2) is 60.7 Å². The maximum atomic E-state index is 12.1. The maximum Gasteiger partial charge on any atom is 0.341 e. The van der Waals surface area contributed by atoms with Crippen molar-refractivity contribution in [1.29, 1.82) is 0 Å². The summed E-state index contributed by atoms with van der Waals surface area (Å²) in [6.07, 6.45) is -0.137. The summed E-state index contributed by atoms with van der Waals surface area (Å²) in [4.78, 5) is 46.6. The van der Waals surface area contributed by atoms with E-state index in [1.807, 2.05) is 0 Å². The highest BCUT2D eigenvalue weighted by Gasteiger charge is 2.39. The van der Waals surface area contributed by atoms with Gasteiger partial charge in [0.15, 0.2) is 0 Å². The van der Waals surface area contributed by atoms with Crippen molar-refractivity contribution in [1.82, 2.24) is 0 Å². The quantitative estimate of drug-likeness (QED) is 0.440. The second kappa shape index (κ2) is 7.82. The molecule has 2 rings (SSSR count). The van der Waals surface area contributed by atoms with E-state index in [0.717, 1.165) is 0 Å². The van der Waals surface area contributed by atoms with E-state index in [0.29, 0.717) is 6.29 Å². The molecule has 0 aliphatic carbocycles. The molecule has 0 aliphatic heterocycles. The number of carbonyl (C=O) groups excluding carboxylic acids is 4. The molecule has 0 amide bonds. The van der Waals surface area contributed by atoms with Crippen LogP contribution >= 0.6 is 0 Å². The fourth-order valence-corrected chi connectivity index (χ4v) is 1.90. The molecular formula is C18H14O6. The minimum absolute atomic E-state index is 0.128. The summed E-state index contributed by atoms with van der Waals surface area (Å²) in [6, 6.07) is 15.7.